The molecule has 0 amide bonds. The summed E-state index contributed by atoms with van der Waals surface area (Å²) in [6.45, 7) is 10.7. The molecule has 1 aromatic rings. The van der Waals surface area contributed by atoms with Crippen LogP contribution in [0, 0.1) is 0 Å². The Kier molecular flexibility index (Phi) is 5.72. The monoisotopic (exact) mass is 296 g/mol. The van der Waals surface area contributed by atoms with Crippen molar-refractivity contribution in [3.63, 3.8) is 0 Å². The van der Waals surface area contributed by atoms with Crippen molar-refractivity contribution >= 4 is 0 Å². The fourth-order valence-electron chi connectivity index (χ4n) is 2.50. The predicted molar refractivity (Wildman–Crippen MR) is 81.2 cm³/mol. The van der Waals surface area contributed by atoms with Gasteiger partial charge in [0.05, 0.1) is 13.2 Å². The second-order valence-corrected chi connectivity index (χ2v) is 6.79. The number of hydrogen-bond donors (Lipinski definition) is 1. The summed E-state index contributed by atoms with van der Waals surface area (Å²) in [5, 5.41) is 7.65. The molecule has 6 nitrogen and oxygen atoms in total. The number of nitrogens with zero attached hydrogens (tertiary/aromatic N) is 3. The number of hydrogen-bond acceptors (Lipinski definition) is 6. The molecule has 0 aromatic carbocycles. The molecule has 1 aliphatic rings. The number of nitrogens with one attached hydrogen (secondary N) is 1. The molecule has 0 spiro atoms. The normalized spacial score (nSPS) is 19.6. The summed E-state index contributed by atoms with van der Waals surface area (Å²) >= 11 is 0. The van der Waals surface area contributed by atoms with Gasteiger partial charge in [0.2, 0.25) is 5.89 Å². The van der Waals surface area contributed by atoms with Crippen LogP contribution in [0.4, 0.5) is 0 Å². The van der Waals surface area contributed by atoms with Gasteiger partial charge in [-0.05, 0) is 19.4 Å². The Hall–Kier alpha value is -0.980. The average molecular weight is 296 g/mol. The van der Waals surface area contributed by atoms with E-state index in [1.807, 2.05) is 0 Å². The molecule has 1 fully saturated rings. The minimum absolute atomic E-state index is 0.102. The molecule has 2 rings (SSSR count). The maximum absolute atomic E-state index is 5.37. The van der Waals surface area contributed by atoms with Gasteiger partial charge in [0, 0.05) is 31.7 Å². The first-order valence-corrected chi connectivity index (χ1v) is 7.77. The Labute approximate surface area is 127 Å². The van der Waals surface area contributed by atoms with Gasteiger partial charge < -0.3 is 14.6 Å². The Balaban J connectivity index is 1.94. The van der Waals surface area contributed by atoms with E-state index in [-0.39, 0.29) is 5.41 Å². The van der Waals surface area contributed by atoms with Crippen molar-refractivity contribution in [2.45, 2.75) is 51.6 Å². The summed E-state index contributed by atoms with van der Waals surface area (Å²) < 4.78 is 10.6. The molecule has 0 saturated carbocycles. The van der Waals surface area contributed by atoms with Crippen LogP contribution in [-0.4, -0.2) is 54.4 Å². The van der Waals surface area contributed by atoms with Crippen LogP contribution in [0.5, 0.6) is 0 Å². The van der Waals surface area contributed by atoms with Crippen LogP contribution in [0.25, 0.3) is 0 Å². The van der Waals surface area contributed by atoms with Gasteiger partial charge in [-0.15, -0.1) is 0 Å². The second-order valence-electron chi connectivity index (χ2n) is 6.79. The molecule has 120 valence electrons. The van der Waals surface area contributed by atoms with E-state index < -0.39 is 0 Å². The summed E-state index contributed by atoms with van der Waals surface area (Å²) in [6.07, 6.45) is 2.50. The highest BCUT2D eigenvalue weighted by molar-refractivity contribution is 4.98. The highest BCUT2D eigenvalue weighted by Crippen LogP contribution is 2.20. The molecule has 1 unspecified atom stereocenters. The van der Waals surface area contributed by atoms with Crippen molar-refractivity contribution < 1.29 is 9.26 Å². The first-order valence-electron chi connectivity index (χ1n) is 7.77. The van der Waals surface area contributed by atoms with Crippen LogP contribution < -0.4 is 5.32 Å². The van der Waals surface area contributed by atoms with E-state index in [4.69, 9.17) is 9.26 Å². The zero-order valence-electron chi connectivity index (χ0n) is 13.7. The van der Waals surface area contributed by atoms with Crippen LogP contribution in [0.1, 0.15) is 45.3 Å². The summed E-state index contributed by atoms with van der Waals surface area (Å²) in [5.74, 6) is 1.46. The highest BCUT2D eigenvalue weighted by atomic mass is 16.5. The van der Waals surface area contributed by atoms with Crippen LogP contribution in [0.3, 0.4) is 0 Å². The Morgan fingerprint density at radius 1 is 1.43 bits per heavy atom. The molecule has 1 N–H and O–H groups in total. The van der Waals surface area contributed by atoms with Gasteiger partial charge in [0.25, 0.3) is 0 Å². The van der Waals surface area contributed by atoms with Crippen molar-refractivity contribution in [2.24, 2.45) is 0 Å². The van der Waals surface area contributed by atoms with Gasteiger partial charge in [-0.1, -0.05) is 25.9 Å². The lowest BCUT2D eigenvalue weighted by atomic mass is 9.97. The number of rotatable bonds is 7. The minimum Gasteiger partial charge on any atom is -0.383 e. The summed E-state index contributed by atoms with van der Waals surface area (Å²) in [4.78, 5) is 6.86. The Morgan fingerprint density at radius 2 is 2.24 bits per heavy atom. The molecule has 1 atom stereocenters. The van der Waals surface area contributed by atoms with Crippen molar-refractivity contribution in [3.05, 3.63) is 11.7 Å². The van der Waals surface area contributed by atoms with Gasteiger partial charge in [0.1, 0.15) is 0 Å². The molecular weight excluding hydrogens is 268 g/mol. The average Bonchev–Trinajstić information content (AvgIpc) is 3.06. The minimum atomic E-state index is -0.102. The lowest BCUT2D eigenvalue weighted by Gasteiger charge is -2.24. The van der Waals surface area contributed by atoms with Crippen molar-refractivity contribution in [3.8, 4) is 0 Å². The van der Waals surface area contributed by atoms with E-state index in [0.29, 0.717) is 18.5 Å². The first-order chi connectivity index (χ1) is 9.99. The van der Waals surface area contributed by atoms with Crippen molar-refractivity contribution in [1.29, 1.82) is 0 Å². The summed E-state index contributed by atoms with van der Waals surface area (Å²) in [5.41, 5.74) is -0.102. The molecule has 0 radical (unpaired) electrons. The fraction of sp³-hybridized carbons (Fsp3) is 0.867. The molecule has 1 aliphatic heterocycles. The van der Waals surface area contributed by atoms with Crippen LogP contribution in [0.2, 0.25) is 0 Å². The van der Waals surface area contributed by atoms with E-state index in [0.717, 1.165) is 32.1 Å². The quantitative estimate of drug-likeness (QED) is 0.824. The molecule has 2 heterocycles. The zero-order chi connectivity index (χ0) is 15.3. The maximum atomic E-state index is 5.37. The highest BCUT2D eigenvalue weighted by Gasteiger charge is 2.23. The van der Waals surface area contributed by atoms with E-state index in [1.54, 1.807) is 7.11 Å². The Bertz CT molecular complexity index is 422. The standard InChI is InChI=1S/C15H28N4O2/c1-15(2,3)14-17-13(18-21-14)11-19(8-9-20-4)10-12-6-5-7-16-12/h12,16H,5-11H2,1-4H3. The largest absolute Gasteiger partial charge is 0.383 e. The van der Waals surface area contributed by atoms with Gasteiger partial charge in [0.15, 0.2) is 5.82 Å². The van der Waals surface area contributed by atoms with Gasteiger partial charge in [-0.3, -0.25) is 4.90 Å². The van der Waals surface area contributed by atoms with E-state index in [1.165, 1.54) is 12.8 Å². The first kappa shape index (κ1) is 16.4. The topological polar surface area (TPSA) is 63.4 Å². The lowest BCUT2D eigenvalue weighted by molar-refractivity contribution is 0.135. The third-order valence-corrected chi connectivity index (χ3v) is 3.73. The summed E-state index contributed by atoms with van der Waals surface area (Å²) in [6, 6.07) is 0.566. The van der Waals surface area contributed by atoms with Crippen LogP contribution >= 0.6 is 0 Å². The predicted octanol–water partition coefficient (Wildman–Crippen LogP) is 1.57. The van der Waals surface area contributed by atoms with Crippen LogP contribution in [0.15, 0.2) is 4.52 Å². The molecule has 21 heavy (non-hydrogen) atoms. The molecule has 1 saturated heterocycles. The molecule has 6 heteroatoms. The maximum Gasteiger partial charge on any atom is 0.232 e. The third-order valence-electron chi connectivity index (χ3n) is 3.73. The van der Waals surface area contributed by atoms with Gasteiger partial charge in [-0.2, -0.15) is 4.98 Å². The van der Waals surface area contributed by atoms with E-state index >= 15 is 0 Å². The van der Waals surface area contributed by atoms with E-state index in [9.17, 15) is 0 Å². The summed E-state index contributed by atoms with van der Waals surface area (Å²) in [7, 11) is 1.73. The third kappa shape index (κ3) is 5.05. The molecule has 1 aromatic heterocycles. The van der Waals surface area contributed by atoms with Gasteiger partial charge in [-0.25, -0.2) is 0 Å². The van der Waals surface area contributed by atoms with Crippen molar-refractivity contribution in [2.75, 3.05) is 33.4 Å². The van der Waals surface area contributed by atoms with Crippen LogP contribution in [-0.2, 0) is 16.7 Å². The SMILES string of the molecule is COCCN(Cc1noc(C(C)(C)C)n1)CC1CCCN1. The molecule has 0 bridgehead atoms. The number of ether oxygens (including phenoxy) is 1. The van der Waals surface area contributed by atoms with E-state index in [2.05, 4.69) is 41.1 Å². The lowest BCUT2D eigenvalue weighted by Crippen LogP contribution is -2.39. The second kappa shape index (κ2) is 7.33. The molecular formula is C15H28N4O2. The smallest absolute Gasteiger partial charge is 0.232 e. The van der Waals surface area contributed by atoms with Crippen molar-refractivity contribution in [1.82, 2.24) is 20.4 Å². The molecule has 0 aliphatic carbocycles. The Morgan fingerprint density at radius 3 is 2.81 bits per heavy atom. The van der Waals surface area contributed by atoms with Gasteiger partial charge >= 0.3 is 0 Å². The zero-order valence-corrected chi connectivity index (χ0v) is 13.7. The number of methoxy groups -OCH3 is 1. The number of aromatic nitrogens is 2. The fourth-order valence-corrected chi connectivity index (χ4v) is 2.50.